The first-order valence-corrected chi connectivity index (χ1v) is 7.93. The van der Waals surface area contributed by atoms with Crippen LogP contribution in [-0.2, 0) is 7.05 Å². The number of aromatic nitrogens is 1. The van der Waals surface area contributed by atoms with Crippen LogP contribution in [0.2, 0.25) is 0 Å². The molecule has 3 aromatic rings. The number of benzene rings is 1. The van der Waals surface area contributed by atoms with Crippen LogP contribution in [0.1, 0.15) is 16.5 Å². The minimum absolute atomic E-state index is 0.227. The van der Waals surface area contributed by atoms with Gasteiger partial charge in [0.2, 0.25) is 0 Å². The van der Waals surface area contributed by atoms with Crippen molar-refractivity contribution in [2.45, 2.75) is 5.38 Å². The molecule has 0 spiro atoms. The average Bonchev–Trinajstić information content (AvgIpc) is 2.94. The molecule has 6 heteroatoms. The lowest BCUT2D eigenvalue weighted by molar-refractivity contribution is 0.528. The molecule has 2 aromatic heterocycles. The number of hydrogen-bond donors (Lipinski definition) is 0. The molecule has 0 saturated carbocycles. The summed E-state index contributed by atoms with van der Waals surface area (Å²) in [6.07, 6.45) is 0. The van der Waals surface area contributed by atoms with Gasteiger partial charge in [-0.05, 0) is 57.3 Å². The molecule has 0 amide bonds. The van der Waals surface area contributed by atoms with E-state index in [1.807, 2.05) is 23.6 Å². The molecule has 1 aromatic carbocycles. The van der Waals surface area contributed by atoms with Crippen molar-refractivity contribution in [1.82, 2.24) is 4.57 Å². The molecule has 0 aliphatic rings. The highest BCUT2D eigenvalue weighted by atomic mass is 127. The fourth-order valence-electron chi connectivity index (χ4n) is 1.96. The summed E-state index contributed by atoms with van der Waals surface area (Å²) in [4.78, 5) is 11.5. The molecule has 0 aliphatic carbocycles. The lowest BCUT2D eigenvalue weighted by Gasteiger charge is -2.07. The molecule has 98 valence electrons. The Balaban J connectivity index is 2.08. The van der Waals surface area contributed by atoms with Crippen LogP contribution in [-0.4, -0.2) is 4.57 Å². The van der Waals surface area contributed by atoms with E-state index in [4.69, 9.17) is 16.0 Å². The normalized spacial score (nSPS) is 13.0. The zero-order valence-corrected chi connectivity index (χ0v) is 13.6. The second-order valence-electron chi connectivity index (χ2n) is 4.20. The highest BCUT2D eigenvalue weighted by Crippen LogP contribution is 2.33. The summed E-state index contributed by atoms with van der Waals surface area (Å²) in [6, 6.07) is 7.69. The SMILES string of the molecule is Cn1c(=O)oc2cc(C(Cl)c3csc(I)c3)ccc21. The zero-order chi connectivity index (χ0) is 13.6. The summed E-state index contributed by atoms with van der Waals surface area (Å²) >= 11 is 10.4. The summed E-state index contributed by atoms with van der Waals surface area (Å²) in [5, 5.41) is 1.82. The molecule has 0 saturated heterocycles. The molecular formula is C13H9ClINO2S. The number of fused-ring (bicyclic) bond motifs is 1. The summed E-state index contributed by atoms with van der Waals surface area (Å²) in [7, 11) is 1.69. The monoisotopic (exact) mass is 405 g/mol. The van der Waals surface area contributed by atoms with Crippen molar-refractivity contribution < 1.29 is 4.42 Å². The van der Waals surface area contributed by atoms with Crippen LogP contribution >= 0.6 is 45.5 Å². The molecule has 1 atom stereocenters. The maximum atomic E-state index is 11.5. The van der Waals surface area contributed by atoms with Gasteiger partial charge in [-0.1, -0.05) is 6.07 Å². The molecule has 3 nitrogen and oxygen atoms in total. The van der Waals surface area contributed by atoms with E-state index < -0.39 is 0 Å². The van der Waals surface area contributed by atoms with Gasteiger partial charge in [0, 0.05) is 7.05 Å². The highest BCUT2D eigenvalue weighted by Gasteiger charge is 2.15. The molecule has 19 heavy (non-hydrogen) atoms. The van der Waals surface area contributed by atoms with Gasteiger partial charge in [0.25, 0.3) is 0 Å². The molecule has 1 unspecified atom stereocenters. The van der Waals surface area contributed by atoms with Crippen LogP contribution in [0.25, 0.3) is 11.1 Å². The number of alkyl halides is 1. The number of nitrogens with zero attached hydrogens (tertiary/aromatic N) is 1. The number of oxazole rings is 1. The lowest BCUT2D eigenvalue weighted by atomic mass is 10.1. The fraction of sp³-hybridized carbons (Fsp3) is 0.154. The molecule has 3 rings (SSSR count). The molecule has 0 bridgehead atoms. The molecule has 0 N–H and O–H groups in total. The molecule has 0 radical (unpaired) electrons. The van der Waals surface area contributed by atoms with Crippen molar-refractivity contribution in [3.8, 4) is 0 Å². The van der Waals surface area contributed by atoms with Gasteiger partial charge in [0.15, 0.2) is 5.58 Å². The quantitative estimate of drug-likeness (QED) is 0.475. The third kappa shape index (κ3) is 2.34. The van der Waals surface area contributed by atoms with Gasteiger partial charge in [0.1, 0.15) is 0 Å². The molecular weight excluding hydrogens is 397 g/mol. The second kappa shape index (κ2) is 4.96. The first kappa shape index (κ1) is 13.2. The molecule has 0 fully saturated rings. The third-order valence-electron chi connectivity index (χ3n) is 2.99. The average molecular weight is 406 g/mol. The standard InChI is InChI=1S/C13H9ClINO2S/c1-16-9-3-2-7(4-10(9)18-13(16)17)12(14)8-5-11(15)19-6-8/h2-6,12H,1H3. The largest absolute Gasteiger partial charge is 0.419 e. The van der Waals surface area contributed by atoms with E-state index in [0.29, 0.717) is 5.58 Å². The van der Waals surface area contributed by atoms with Crippen molar-refractivity contribution in [3.63, 3.8) is 0 Å². The Bertz CT molecular complexity index is 804. The Labute approximate surface area is 131 Å². The summed E-state index contributed by atoms with van der Waals surface area (Å²) in [5.41, 5.74) is 3.34. The van der Waals surface area contributed by atoms with Gasteiger partial charge in [-0.15, -0.1) is 22.9 Å². The van der Waals surface area contributed by atoms with Gasteiger partial charge in [-0.25, -0.2) is 4.79 Å². The van der Waals surface area contributed by atoms with Crippen LogP contribution in [0.15, 0.2) is 38.9 Å². The summed E-state index contributed by atoms with van der Waals surface area (Å²) < 4.78 is 7.86. The Hall–Kier alpha value is -0.790. The Morgan fingerprint density at radius 1 is 1.37 bits per heavy atom. The minimum atomic E-state index is -0.358. The van der Waals surface area contributed by atoms with E-state index in [0.717, 1.165) is 16.6 Å². The minimum Gasteiger partial charge on any atom is -0.408 e. The molecule has 2 heterocycles. The topological polar surface area (TPSA) is 35.1 Å². The zero-order valence-electron chi connectivity index (χ0n) is 9.89. The summed E-state index contributed by atoms with van der Waals surface area (Å²) in [6.45, 7) is 0. The van der Waals surface area contributed by atoms with Crippen molar-refractivity contribution >= 4 is 56.6 Å². The number of aryl methyl sites for hydroxylation is 1. The second-order valence-corrected chi connectivity index (χ2v) is 7.44. The van der Waals surface area contributed by atoms with Gasteiger partial charge in [-0.3, -0.25) is 4.57 Å². The highest BCUT2D eigenvalue weighted by molar-refractivity contribution is 14.1. The maximum Gasteiger partial charge on any atom is 0.419 e. The van der Waals surface area contributed by atoms with Crippen LogP contribution in [0.4, 0.5) is 0 Å². The van der Waals surface area contributed by atoms with E-state index in [9.17, 15) is 4.79 Å². The lowest BCUT2D eigenvalue weighted by Crippen LogP contribution is -2.08. The van der Waals surface area contributed by atoms with Gasteiger partial charge in [-0.2, -0.15) is 0 Å². The third-order valence-corrected chi connectivity index (χ3v) is 5.30. The van der Waals surface area contributed by atoms with Gasteiger partial charge >= 0.3 is 5.76 Å². The maximum absolute atomic E-state index is 11.5. The van der Waals surface area contributed by atoms with Crippen LogP contribution in [0.3, 0.4) is 0 Å². The van der Waals surface area contributed by atoms with Crippen molar-refractivity contribution in [1.29, 1.82) is 0 Å². The van der Waals surface area contributed by atoms with Crippen LogP contribution in [0.5, 0.6) is 0 Å². The van der Waals surface area contributed by atoms with E-state index in [1.165, 1.54) is 7.45 Å². The van der Waals surface area contributed by atoms with E-state index in [-0.39, 0.29) is 11.1 Å². The Morgan fingerprint density at radius 3 is 2.84 bits per heavy atom. The predicted molar refractivity (Wildman–Crippen MR) is 86.2 cm³/mol. The smallest absolute Gasteiger partial charge is 0.408 e. The van der Waals surface area contributed by atoms with Crippen molar-refractivity contribution in [2.24, 2.45) is 7.05 Å². The van der Waals surface area contributed by atoms with Crippen molar-refractivity contribution in [3.05, 3.63) is 54.2 Å². The predicted octanol–water partition coefficient (Wildman–Crippen LogP) is 4.13. The Morgan fingerprint density at radius 2 is 2.16 bits per heavy atom. The number of halogens is 2. The Kier molecular flexibility index (Phi) is 3.44. The molecule has 0 aliphatic heterocycles. The fourth-order valence-corrected chi connectivity index (χ4v) is 3.69. The number of hydrogen-bond acceptors (Lipinski definition) is 3. The van der Waals surface area contributed by atoms with E-state index in [2.05, 4.69) is 28.7 Å². The van der Waals surface area contributed by atoms with Crippen molar-refractivity contribution in [2.75, 3.05) is 0 Å². The summed E-state index contributed by atoms with van der Waals surface area (Å²) in [5.74, 6) is -0.358. The first-order chi connectivity index (χ1) is 9.06. The number of rotatable bonds is 2. The van der Waals surface area contributed by atoms with E-state index in [1.54, 1.807) is 18.4 Å². The van der Waals surface area contributed by atoms with E-state index >= 15 is 0 Å². The van der Waals surface area contributed by atoms with Crippen LogP contribution < -0.4 is 5.76 Å². The van der Waals surface area contributed by atoms with Gasteiger partial charge < -0.3 is 4.42 Å². The number of thiophene rings is 1. The first-order valence-electron chi connectivity index (χ1n) is 5.54. The van der Waals surface area contributed by atoms with Crippen LogP contribution in [0, 0.1) is 2.88 Å². The van der Waals surface area contributed by atoms with Gasteiger partial charge in [0.05, 0.1) is 13.8 Å².